The molecule has 0 saturated carbocycles. The minimum Gasteiger partial charge on any atom is -0.478 e. The van der Waals surface area contributed by atoms with Gasteiger partial charge in [0, 0.05) is 31.8 Å². The molecule has 1 aromatic rings. The molecule has 108 valence electrons. The fourth-order valence-electron chi connectivity index (χ4n) is 2.29. The number of nitrogens with zero attached hydrogens (tertiary/aromatic N) is 2. The molecule has 1 saturated heterocycles. The van der Waals surface area contributed by atoms with Gasteiger partial charge in [-0.05, 0) is 25.5 Å². The van der Waals surface area contributed by atoms with Crippen molar-refractivity contribution in [1.82, 2.24) is 9.88 Å². The van der Waals surface area contributed by atoms with Gasteiger partial charge in [0.25, 0.3) is 5.91 Å². The van der Waals surface area contributed by atoms with E-state index in [0.717, 1.165) is 13.0 Å². The number of hydrogen-bond donors (Lipinski definition) is 1. The first kappa shape index (κ1) is 14.5. The Balaban J connectivity index is 2.17. The van der Waals surface area contributed by atoms with E-state index in [1.54, 1.807) is 4.90 Å². The fourth-order valence-corrected chi connectivity index (χ4v) is 2.29. The summed E-state index contributed by atoms with van der Waals surface area (Å²) < 4.78 is 5.30. The molecule has 1 N–H and O–H groups in total. The first-order valence-electron chi connectivity index (χ1n) is 6.68. The van der Waals surface area contributed by atoms with Crippen LogP contribution >= 0.6 is 0 Å². The van der Waals surface area contributed by atoms with Crippen LogP contribution < -0.4 is 0 Å². The average molecular weight is 278 g/mol. The highest BCUT2D eigenvalue weighted by atomic mass is 16.5. The van der Waals surface area contributed by atoms with Gasteiger partial charge >= 0.3 is 5.97 Å². The van der Waals surface area contributed by atoms with Crippen molar-refractivity contribution < 1.29 is 19.4 Å². The van der Waals surface area contributed by atoms with Crippen molar-refractivity contribution in [1.29, 1.82) is 0 Å². The number of carbonyl (C=O) groups excluding carboxylic acids is 1. The minimum absolute atomic E-state index is 0.000709. The summed E-state index contributed by atoms with van der Waals surface area (Å²) in [5.41, 5.74) is -0.0561. The molecule has 20 heavy (non-hydrogen) atoms. The van der Waals surface area contributed by atoms with Crippen molar-refractivity contribution in [2.75, 3.05) is 26.3 Å². The summed E-state index contributed by atoms with van der Waals surface area (Å²) in [6.07, 6.45) is 2.37. The van der Waals surface area contributed by atoms with E-state index in [9.17, 15) is 9.59 Å². The lowest BCUT2D eigenvalue weighted by molar-refractivity contribution is 0.0664. The smallest absolute Gasteiger partial charge is 0.338 e. The summed E-state index contributed by atoms with van der Waals surface area (Å²) in [4.78, 5) is 29.2. The van der Waals surface area contributed by atoms with Gasteiger partial charge in [0.15, 0.2) is 0 Å². The van der Waals surface area contributed by atoms with Crippen LogP contribution in [0.3, 0.4) is 0 Å². The molecule has 0 aromatic carbocycles. The van der Waals surface area contributed by atoms with Crippen molar-refractivity contribution in [2.45, 2.75) is 13.3 Å². The molecule has 2 heterocycles. The Morgan fingerprint density at radius 1 is 1.55 bits per heavy atom. The number of amides is 1. The minimum atomic E-state index is -1.14. The second-order valence-corrected chi connectivity index (χ2v) is 4.78. The quantitative estimate of drug-likeness (QED) is 0.877. The lowest BCUT2D eigenvalue weighted by Crippen LogP contribution is -2.36. The zero-order valence-corrected chi connectivity index (χ0v) is 11.4. The van der Waals surface area contributed by atoms with Crippen LogP contribution in [0, 0.1) is 5.92 Å². The number of rotatable bonds is 5. The van der Waals surface area contributed by atoms with Crippen LogP contribution in [0.1, 0.15) is 34.2 Å². The highest BCUT2D eigenvalue weighted by molar-refractivity contribution is 6.03. The van der Waals surface area contributed by atoms with Gasteiger partial charge in [-0.25, -0.2) is 4.79 Å². The maximum absolute atomic E-state index is 12.4. The maximum atomic E-state index is 12.4. The standard InChI is InChI=1S/C14H18N2O4/c1-2-16(8-10-5-7-20-9-10)13(17)12-11(14(18)19)4-3-6-15-12/h3-4,6,10H,2,5,7-9H2,1H3,(H,18,19). The first-order valence-corrected chi connectivity index (χ1v) is 6.68. The molecule has 0 spiro atoms. The third-order valence-electron chi connectivity index (χ3n) is 3.41. The van der Waals surface area contributed by atoms with E-state index < -0.39 is 5.97 Å². The number of ether oxygens (including phenoxy) is 1. The Morgan fingerprint density at radius 2 is 2.35 bits per heavy atom. The predicted molar refractivity (Wildman–Crippen MR) is 71.7 cm³/mol. The topological polar surface area (TPSA) is 79.7 Å². The summed E-state index contributed by atoms with van der Waals surface area (Å²) in [7, 11) is 0. The molecule has 0 bridgehead atoms. The predicted octanol–water partition coefficient (Wildman–Crippen LogP) is 1.28. The molecule has 1 unspecified atom stereocenters. The zero-order chi connectivity index (χ0) is 14.5. The number of carbonyl (C=O) groups is 2. The van der Waals surface area contributed by atoms with E-state index in [-0.39, 0.29) is 17.2 Å². The molecule has 2 rings (SSSR count). The monoisotopic (exact) mass is 278 g/mol. The molecule has 0 aliphatic carbocycles. The van der Waals surface area contributed by atoms with Crippen LogP contribution in [0.4, 0.5) is 0 Å². The van der Waals surface area contributed by atoms with E-state index in [4.69, 9.17) is 9.84 Å². The SMILES string of the molecule is CCN(CC1CCOC1)C(=O)c1ncccc1C(=O)O. The van der Waals surface area contributed by atoms with Crippen LogP contribution in [-0.4, -0.2) is 53.2 Å². The third kappa shape index (κ3) is 3.14. The molecule has 6 heteroatoms. The summed E-state index contributed by atoms with van der Waals surface area (Å²) in [6.45, 7) is 4.34. The van der Waals surface area contributed by atoms with Gasteiger partial charge in [0.2, 0.25) is 0 Å². The van der Waals surface area contributed by atoms with E-state index in [1.807, 2.05) is 6.92 Å². The van der Waals surface area contributed by atoms with Crippen LogP contribution in [0.15, 0.2) is 18.3 Å². The highest BCUT2D eigenvalue weighted by Gasteiger charge is 2.25. The number of aromatic carboxylic acids is 1. The van der Waals surface area contributed by atoms with Gasteiger partial charge in [0.05, 0.1) is 12.2 Å². The van der Waals surface area contributed by atoms with Crippen molar-refractivity contribution in [3.8, 4) is 0 Å². The summed E-state index contributed by atoms with van der Waals surface area (Å²) >= 11 is 0. The van der Waals surface area contributed by atoms with Crippen LogP contribution in [0.2, 0.25) is 0 Å². The summed E-state index contributed by atoms with van der Waals surface area (Å²) in [5.74, 6) is -1.16. The normalized spacial score (nSPS) is 17.9. The molecule has 1 fully saturated rings. The maximum Gasteiger partial charge on any atom is 0.338 e. The first-order chi connectivity index (χ1) is 9.63. The van der Waals surface area contributed by atoms with Crippen molar-refractivity contribution >= 4 is 11.9 Å². The van der Waals surface area contributed by atoms with E-state index in [1.165, 1.54) is 18.3 Å². The molecule has 1 aliphatic rings. The molecule has 6 nitrogen and oxygen atoms in total. The van der Waals surface area contributed by atoms with E-state index in [0.29, 0.717) is 25.6 Å². The fraction of sp³-hybridized carbons (Fsp3) is 0.500. The van der Waals surface area contributed by atoms with Gasteiger partial charge < -0.3 is 14.7 Å². The summed E-state index contributed by atoms with van der Waals surface area (Å²) in [5, 5.41) is 9.12. The molecule has 1 amide bonds. The number of aromatic nitrogens is 1. The van der Waals surface area contributed by atoms with Crippen molar-refractivity contribution in [2.24, 2.45) is 5.92 Å². The zero-order valence-electron chi connectivity index (χ0n) is 11.4. The average Bonchev–Trinajstić information content (AvgIpc) is 2.97. The number of hydrogen-bond acceptors (Lipinski definition) is 4. The van der Waals surface area contributed by atoms with Crippen LogP contribution in [0.5, 0.6) is 0 Å². The number of carboxylic acid groups (broad SMARTS) is 1. The largest absolute Gasteiger partial charge is 0.478 e. The number of pyridine rings is 1. The van der Waals surface area contributed by atoms with Crippen molar-refractivity contribution in [3.05, 3.63) is 29.6 Å². The highest BCUT2D eigenvalue weighted by Crippen LogP contribution is 2.16. The molecular weight excluding hydrogens is 260 g/mol. The van der Waals surface area contributed by atoms with Gasteiger partial charge in [-0.2, -0.15) is 0 Å². The Hall–Kier alpha value is -1.95. The van der Waals surface area contributed by atoms with Gasteiger partial charge in [-0.1, -0.05) is 0 Å². The Morgan fingerprint density at radius 3 is 2.95 bits per heavy atom. The van der Waals surface area contributed by atoms with Gasteiger partial charge in [-0.3, -0.25) is 9.78 Å². The van der Waals surface area contributed by atoms with Crippen molar-refractivity contribution in [3.63, 3.8) is 0 Å². The Kier molecular flexibility index (Phi) is 4.68. The second kappa shape index (κ2) is 6.47. The molecule has 1 aromatic heterocycles. The summed E-state index contributed by atoms with van der Waals surface area (Å²) in [6, 6.07) is 2.91. The molecule has 1 atom stereocenters. The molecular formula is C14H18N2O4. The Bertz CT molecular complexity index is 498. The lowest BCUT2D eigenvalue weighted by atomic mass is 10.1. The lowest BCUT2D eigenvalue weighted by Gasteiger charge is -2.23. The van der Waals surface area contributed by atoms with E-state index in [2.05, 4.69) is 4.98 Å². The Labute approximate surface area is 117 Å². The molecule has 0 radical (unpaired) electrons. The van der Waals surface area contributed by atoms with Crippen LogP contribution in [-0.2, 0) is 4.74 Å². The van der Waals surface area contributed by atoms with Gasteiger partial charge in [0.1, 0.15) is 5.69 Å². The number of carboxylic acids is 1. The second-order valence-electron chi connectivity index (χ2n) is 4.78. The van der Waals surface area contributed by atoms with Crippen LogP contribution in [0.25, 0.3) is 0 Å². The van der Waals surface area contributed by atoms with Gasteiger partial charge in [-0.15, -0.1) is 0 Å². The molecule has 1 aliphatic heterocycles. The van der Waals surface area contributed by atoms with E-state index >= 15 is 0 Å². The third-order valence-corrected chi connectivity index (χ3v) is 3.41.